The molecule has 0 radical (unpaired) electrons. The molecule has 0 saturated carbocycles. The zero-order valence-corrected chi connectivity index (χ0v) is 13.5. The second-order valence-electron chi connectivity index (χ2n) is 4.83. The lowest BCUT2D eigenvalue weighted by Gasteiger charge is -2.09. The van der Waals surface area contributed by atoms with E-state index in [-0.39, 0.29) is 18.4 Å². The van der Waals surface area contributed by atoms with Crippen LogP contribution in [-0.4, -0.2) is 44.1 Å². The molecule has 0 aliphatic heterocycles. The van der Waals surface area contributed by atoms with Crippen molar-refractivity contribution >= 4 is 11.8 Å². The van der Waals surface area contributed by atoms with E-state index in [1.165, 1.54) is 14.2 Å². The smallest absolute Gasteiger partial charge is 0.269 e. The quantitative estimate of drug-likeness (QED) is 0.747. The van der Waals surface area contributed by atoms with Gasteiger partial charge >= 0.3 is 0 Å². The number of rotatable bonds is 7. The van der Waals surface area contributed by atoms with Crippen molar-refractivity contribution in [2.24, 2.45) is 0 Å². The van der Waals surface area contributed by atoms with Gasteiger partial charge in [-0.15, -0.1) is 0 Å². The third-order valence-electron chi connectivity index (χ3n) is 3.21. The number of carbonyl (C=O) groups is 2. The van der Waals surface area contributed by atoms with Crippen LogP contribution in [0.15, 0.2) is 42.6 Å². The molecule has 0 fully saturated rings. The molecule has 0 unspecified atom stereocenters. The molecule has 24 heavy (non-hydrogen) atoms. The van der Waals surface area contributed by atoms with Gasteiger partial charge in [0, 0.05) is 30.9 Å². The summed E-state index contributed by atoms with van der Waals surface area (Å²) >= 11 is 0. The van der Waals surface area contributed by atoms with Gasteiger partial charge in [0.2, 0.25) is 0 Å². The van der Waals surface area contributed by atoms with Crippen LogP contribution >= 0.6 is 0 Å². The van der Waals surface area contributed by atoms with Crippen LogP contribution < -0.4 is 20.1 Å². The SMILES string of the molecule is COc1cc(OC)cc(C(=O)NCCNC(=O)c2ccccn2)c1. The first-order valence-corrected chi connectivity index (χ1v) is 7.34. The van der Waals surface area contributed by atoms with Crippen LogP contribution in [0.3, 0.4) is 0 Å². The van der Waals surface area contributed by atoms with E-state index in [4.69, 9.17) is 9.47 Å². The zero-order valence-electron chi connectivity index (χ0n) is 13.5. The van der Waals surface area contributed by atoms with E-state index >= 15 is 0 Å². The predicted octanol–water partition coefficient (Wildman–Crippen LogP) is 1.26. The minimum atomic E-state index is -0.284. The molecular formula is C17H19N3O4. The largest absolute Gasteiger partial charge is 0.497 e. The van der Waals surface area contributed by atoms with Crippen molar-refractivity contribution in [3.05, 3.63) is 53.9 Å². The molecule has 126 valence electrons. The second kappa shape index (κ2) is 8.52. The van der Waals surface area contributed by atoms with E-state index in [9.17, 15) is 9.59 Å². The topological polar surface area (TPSA) is 89.5 Å². The third-order valence-corrected chi connectivity index (χ3v) is 3.21. The summed E-state index contributed by atoms with van der Waals surface area (Å²) in [5, 5.41) is 5.41. The summed E-state index contributed by atoms with van der Waals surface area (Å²) in [5.74, 6) is 0.498. The van der Waals surface area contributed by atoms with Gasteiger partial charge in [0.05, 0.1) is 14.2 Å². The highest BCUT2D eigenvalue weighted by Crippen LogP contribution is 2.22. The van der Waals surface area contributed by atoms with Crippen molar-refractivity contribution in [1.82, 2.24) is 15.6 Å². The first-order chi connectivity index (χ1) is 11.6. The average molecular weight is 329 g/mol. The summed E-state index contributed by atoms with van der Waals surface area (Å²) in [7, 11) is 3.03. The van der Waals surface area contributed by atoms with Gasteiger partial charge < -0.3 is 20.1 Å². The van der Waals surface area contributed by atoms with E-state index < -0.39 is 0 Å². The number of nitrogens with zero attached hydrogens (tertiary/aromatic N) is 1. The van der Waals surface area contributed by atoms with Crippen LogP contribution in [0, 0.1) is 0 Å². The van der Waals surface area contributed by atoms with Crippen molar-refractivity contribution in [3.8, 4) is 11.5 Å². The molecule has 2 N–H and O–H groups in total. The van der Waals surface area contributed by atoms with Gasteiger partial charge in [0.25, 0.3) is 11.8 Å². The standard InChI is InChI=1S/C17H19N3O4/c1-23-13-9-12(10-14(11-13)24-2)16(21)19-7-8-20-17(22)15-5-3-4-6-18-15/h3-6,9-11H,7-8H2,1-2H3,(H,19,21)(H,20,22). The highest BCUT2D eigenvalue weighted by molar-refractivity contribution is 5.95. The molecule has 1 aromatic heterocycles. The molecule has 0 bridgehead atoms. The van der Waals surface area contributed by atoms with Crippen molar-refractivity contribution in [3.63, 3.8) is 0 Å². The van der Waals surface area contributed by atoms with Gasteiger partial charge in [-0.2, -0.15) is 0 Å². The van der Waals surface area contributed by atoms with E-state index in [0.717, 1.165) is 0 Å². The van der Waals surface area contributed by atoms with Gasteiger partial charge in [-0.05, 0) is 24.3 Å². The predicted molar refractivity (Wildman–Crippen MR) is 88.4 cm³/mol. The number of benzene rings is 1. The lowest BCUT2D eigenvalue weighted by molar-refractivity contribution is 0.0925. The highest BCUT2D eigenvalue weighted by Gasteiger charge is 2.10. The second-order valence-corrected chi connectivity index (χ2v) is 4.83. The number of methoxy groups -OCH3 is 2. The molecule has 7 nitrogen and oxygen atoms in total. The fourth-order valence-electron chi connectivity index (χ4n) is 1.98. The number of aromatic nitrogens is 1. The first-order valence-electron chi connectivity index (χ1n) is 7.34. The number of ether oxygens (including phenoxy) is 2. The third kappa shape index (κ3) is 4.70. The summed E-state index contributed by atoms with van der Waals surface area (Å²) < 4.78 is 10.3. The van der Waals surface area contributed by atoms with Crippen LogP contribution in [0.1, 0.15) is 20.8 Å². The average Bonchev–Trinajstić information content (AvgIpc) is 2.64. The number of carbonyl (C=O) groups excluding carboxylic acids is 2. The Labute approximate surface area is 140 Å². The highest BCUT2D eigenvalue weighted by atomic mass is 16.5. The van der Waals surface area contributed by atoms with Crippen LogP contribution in [0.25, 0.3) is 0 Å². The van der Waals surface area contributed by atoms with Gasteiger partial charge in [-0.1, -0.05) is 6.07 Å². The van der Waals surface area contributed by atoms with Gasteiger partial charge in [-0.3, -0.25) is 14.6 Å². The Morgan fingerprint density at radius 3 is 2.12 bits per heavy atom. The lowest BCUT2D eigenvalue weighted by atomic mass is 10.2. The monoisotopic (exact) mass is 329 g/mol. The Bertz CT molecular complexity index is 682. The molecule has 1 heterocycles. The molecule has 0 saturated heterocycles. The number of pyridine rings is 1. The minimum Gasteiger partial charge on any atom is -0.497 e. The normalized spacial score (nSPS) is 9.92. The molecular weight excluding hydrogens is 310 g/mol. The van der Waals surface area contributed by atoms with Crippen molar-refractivity contribution in [2.75, 3.05) is 27.3 Å². The molecule has 1 aromatic carbocycles. The fourth-order valence-corrected chi connectivity index (χ4v) is 1.98. The molecule has 0 atom stereocenters. The zero-order chi connectivity index (χ0) is 17.4. The fraction of sp³-hybridized carbons (Fsp3) is 0.235. The van der Waals surface area contributed by atoms with E-state index in [1.54, 1.807) is 42.6 Å². The maximum absolute atomic E-state index is 12.1. The molecule has 0 spiro atoms. The number of amides is 2. The maximum Gasteiger partial charge on any atom is 0.269 e. The number of nitrogens with one attached hydrogen (secondary N) is 2. The summed E-state index contributed by atoms with van der Waals surface area (Å²) in [6.07, 6.45) is 1.55. The van der Waals surface area contributed by atoms with Gasteiger partial charge in [0.15, 0.2) is 0 Å². The molecule has 7 heteroatoms. The van der Waals surface area contributed by atoms with Crippen molar-refractivity contribution in [1.29, 1.82) is 0 Å². The minimum absolute atomic E-state index is 0.278. The summed E-state index contributed by atoms with van der Waals surface area (Å²) in [4.78, 5) is 27.9. The Morgan fingerprint density at radius 1 is 0.958 bits per heavy atom. The van der Waals surface area contributed by atoms with Crippen molar-refractivity contribution < 1.29 is 19.1 Å². The maximum atomic E-state index is 12.1. The van der Waals surface area contributed by atoms with E-state index in [0.29, 0.717) is 29.3 Å². The first kappa shape index (κ1) is 17.3. The van der Waals surface area contributed by atoms with Crippen LogP contribution in [0.4, 0.5) is 0 Å². The van der Waals surface area contributed by atoms with Gasteiger partial charge in [-0.25, -0.2) is 0 Å². The van der Waals surface area contributed by atoms with Crippen LogP contribution in [-0.2, 0) is 0 Å². The Morgan fingerprint density at radius 2 is 1.58 bits per heavy atom. The molecule has 2 aromatic rings. The summed E-state index contributed by atoms with van der Waals surface area (Å²) in [6.45, 7) is 0.583. The summed E-state index contributed by atoms with van der Waals surface area (Å²) in [6, 6.07) is 10.0. The Hall–Kier alpha value is -3.09. The van der Waals surface area contributed by atoms with Gasteiger partial charge in [0.1, 0.15) is 17.2 Å². The lowest BCUT2D eigenvalue weighted by Crippen LogP contribution is -2.35. The Balaban J connectivity index is 1.84. The Kier molecular flexibility index (Phi) is 6.13. The number of hydrogen-bond acceptors (Lipinski definition) is 5. The number of hydrogen-bond donors (Lipinski definition) is 2. The molecule has 0 aliphatic rings. The van der Waals surface area contributed by atoms with E-state index in [2.05, 4.69) is 15.6 Å². The molecule has 2 amide bonds. The molecule has 0 aliphatic carbocycles. The van der Waals surface area contributed by atoms with E-state index in [1.807, 2.05) is 0 Å². The summed E-state index contributed by atoms with van der Waals surface area (Å²) in [5.41, 5.74) is 0.753. The van der Waals surface area contributed by atoms with Crippen molar-refractivity contribution in [2.45, 2.75) is 0 Å². The molecule has 2 rings (SSSR count). The van der Waals surface area contributed by atoms with Crippen LogP contribution in [0.5, 0.6) is 11.5 Å². The van der Waals surface area contributed by atoms with Crippen LogP contribution in [0.2, 0.25) is 0 Å².